The molecule has 1 aliphatic heterocycles. The average molecular weight is 481 g/mol. The summed E-state index contributed by atoms with van der Waals surface area (Å²) in [6, 6.07) is 17.1. The average Bonchev–Trinajstić information content (AvgIpc) is 3.50. The maximum atomic E-state index is 12.9. The lowest BCUT2D eigenvalue weighted by Crippen LogP contribution is -2.17. The van der Waals surface area contributed by atoms with Crippen LogP contribution >= 0.6 is 11.3 Å². The highest BCUT2D eigenvalue weighted by Crippen LogP contribution is 2.31. The third-order valence-electron chi connectivity index (χ3n) is 5.83. The van der Waals surface area contributed by atoms with Crippen LogP contribution in [0.4, 0.5) is 5.69 Å². The Kier molecular flexibility index (Phi) is 5.54. The van der Waals surface area contributed by atoms with Crippen molar-refractivity contribution >= 4 is 43.0 Å². The zero-order chi connectivity index (χ0) is 23.2. The second-order valence-corrected chi connectivity index (χ2v) is 11.9. The van der Waals surface area contributed by atoms with Crippen LogP contribution in [0.1, 0.15) is 48.4 Å². The summed E-state index contributed by atoms with van der Waals surface area (Å²) in [7, 11) is -3.05. The van der Waals surface area contributed by atoms with Crippen molar-refractivity contribution in [3.05, 3.63) is 66.0 Å². The molecule has 0 bridgehead atoms. The first-order valence-electron chi connectivity index (χ1n) is 10.9. The molecule has 0 saturated carbocycles. The molecular weight excluding hydrogens is 456 g/mol. The van der Waals surface area contributed by atoms with E-state index in [9.17, 15) is 13.2 Å². The summed E-state index contributed by atoms with van der Waals surface area (Å²) >= 11 is 1.63. The normalized spacial score (nSPS) is 17.6. The van der Waals surface area contributed by atoms with Crippen molar-refractivity contribution in [3.8, 4) is 10.6 Å². The maximum absolute atomic E-state index is 12.9. The number of rotatable bonds is 5. The molecule has 33 heavy (non-hydrogen) atoms. The predicted octanol–water partition coefficient (Wildman–Crippen LogP) is 4.90. The summed E-state index contributed by atoms with van der Waals surface area (Å²) in [6.45, 7) is 4.03. The van der Waals surface area contributed by atoms with Gasteiger partial charge in [0.1, 0.15) is 5.01 Å². The SMILES string of the molecule is CC(C)c1cc(C(=O)Nc2ccc(-c3nc4ccccc4s3)cc2)nn1[C@@H]1CCS(=O)(=O)C1. The molecule has 5 rings (SSSR count). The molecule has 1 aliphatic rings. The summed E-state index contributed by atoms with van der Waals surface area (Å²) < 4.78 is 26.7. The maximum Gasteiger partial charge on any atom is 0.276 e. The smallest absolute Gasteiger partial charge is 0.276 e. The van der Waals surface area contributed by atoms with E-state index in [4.69, 9.17) is 0 Å². The molecule has 1 N–H and O–H groups in total. The van der Waals surface area contributed by atoms with Gasteiger partial charge in [-0.05, 0) is 54.8 Å². The van der Waals surface area contributed by atoms with Crippen LogP contribution in [0.3, 0.4) is 0 Å². The fraction of sp³-hybridized carbons (Fsp3) is 0.292. The van der Waals surface area contributed by atoms with Crippen molar-refractivity contribution in [3.63, 3.8) is 0 Å². The number of sulfone groups is 1. The number of nitrogens with zero attached hydrogens (tertiary/aromatic N) is 3. The van der Waals surface area contributed by atoms with Crippen LogP contribution in [0, 0.1) is 0 Å². The summed E-state index contributed by atoms with van der Waals surface area (Å²) in [4.78, 5) is 17.6. The number of carbonyl (C=O) groups is 1. The minimum Gasteiger partial charge on any atom is -0.321 e. The van der Waals surface area contributed by atoms with Crippen molar-refractivity contribution in [1.29, 1.82) is 0 Å². The van der Waals surface area contributed by atoms with Gasteiger partial charge in [-0.3, -0.25) is 9.48 Å². The van der Waals surface area contributed by atoms with Crippen LogP contribution in [-0.4, -0.2) is 40.6 Å². The second kappa shape index (κ2) is 8.39. The Morgan fingerprint density at radius 1 is 1.15 bits per heavy atom. The third kappa shape index (κ3) is 4.43. The lowest BCUT2D eigenvalue weighted by molar-refractivity contribution is 0.102. The summed E-state index contributed by atoms with van der Waals surface area (Å²) in [5.41, 5.74) is 3.78. The molecule has 1 amide bonds. The first-order chi connectivity index (χ1) is 15.8. The second-order valence-electron chi connectivity index (χ2n) is 8.63. The molecule has 2 aromatic heterocycles. The molecule has 3 heterocycles. The highest BCUT2D eigenvalue weighted by atomic mass is 32.2. The molecule has 0 aliphatic carbocycles. The van der Waals surface area contributed by atoms with Gasteiger partial charge in [0, 0.05) is 16.9 Å². The number of nitrogens with one attached hydrogen (secondary N) is 1. The first-order valence-corrected chi connectivity index (χ1v) is 13.5. The highest BCUT2D eigenvalue weighted by Gasteiger charge is 2.32. The Balaban J connectivity index is 1.34. The van der Waals surface area contributed by atoms with Crippen LogP contribution in [-0.2, 0) is 9.84 Å². The van der Waals surface area contributed by atoms with Crippen molar-refractivity contribution in [2.24, 2.45) is 0 Å². The Labute approximate surface area is 196 Å². The van der Waals surface area contributed by atoms with Crippen LogP contribution < -0.4 is 5.32 Å². The number of hydrogen-bond acceptors (Lipinski definition) is 6. The molecule has 1 atom stereocenters. The number of fused-ring (bicyclic) bond motifs is 1. The van der Waals surface area contributed by atoms with E-state index in [2.05, 4.69) is 21.5 Å². The van der Waals surface area contributed by atoms with Gasteiger partial charge >= 0.3 is 0 Å². The first kappa shape index (κ1) is 21.8. The molecule has 4 aromatic rings. The molecule has 7 nitrogen and oxygen atoms in total. The predicted molar refractivity (Wildman–Crippen MR) is 132 cm³/mol. The van der Waals surface area contributed by atoms with Crippen molar-refractivity contribution in [2.45, 2.75) is 32.2 Å². The Bertz CT molecular complexity index is 1400. The number of benzene rings is 2. The standard InChI is InChI=1S/C24H24N4O3S2/c1-15(2)21-13-20(27-28(21)18-11-12-33(30,31)14-18)23(29)25-17-9-7-16(8-10-17)24-26-19-5-3-4-6-22(19)32-24/h3-10,13,15,18H,11-12,14H2,1-2H3,(H,25,29)/t18-/m1/s1. The minimum absolute atomic E-state index is 0.0721. The zero-order valence-corrected chi connectivity index (χ0v) is 20.0. The topological polar surface area (TPSA) is 93.9 Å². The van der Waals surface area contributed by atoms with E-state index in [1.807, 2.05) is 56.3 Å². The van der Waals surface area contributed by atoms with Gasteiger partial charge in [0.2, 0.25) is 0 Å². The van der Waals surface area contributed by atoms with E-state index in [-0.39, 0.29) is 29.4 Å². The molecule has 9 heteroatoms. The number of para-hydroxylation sites is 1. The van der Waals surface area contributed by atoms with Gasteiger partial charge in [-0.1, -0.05) is 26.0 Å². The van der Waals surface area contributed by atoms with E-state index in [1.54, 1.807) is 22.1 Å². The summed E-state index contributed by atoms with van der Waals surface area (Å²) in [5, 5.41) is 8.33. The number of anilines is 1. The van der Waals surface area contributed by atoms with Crippen molar-refractivity contribution in [2.75, 3.05) is 16.8 Å². The van der Waals surface area contributed by atoms with Crippen LogP contribution in [0.5, 0.6) is 0 Å². The fourth-order valence-electron chi connectivity index (χ4n) is 4.10. The minimum atomic E-state index is -3.05. The molecule has 1 fully saturated rings. The van der Waals surface area contributed by atoms with Gasteiger partial charge in [0.15, 0.2) is 15.5 Å². The van der Waals surface area contributed by atoms with E-state index in [0.29, 0.717) is 17.8 Å². The lowest BCUT2D eigenvalue weighted by atomic mass is 10.1. The molecule has 0 unspecified atom stereocenters. The quantitative estimate of drug-likeness (QED) is 0.439. The number of hydrogen-bond donors (Lipinski definition) is 1. The van der Waals surface area contributed by atoms with E-state index in [1.165, 1.54) is 0 Å². The van der Waals surface area contributed by atoms with E-state index in [0.717, 1.165) is 26.5 Å². The Morgan fingerprint density at radius 3 is 2.58 bits per heavy atom. The van der Waals surface area contributed by atoms with Crippen LogP contribution in [0.2, 0.25) is 0 Å². The molecule has 2 aromatic carbocycles. The Hall–Kier alpha value is -3.04. The van der Waals surface area contributed by atoms with Crippen molar-refractivity contribution in [1.82, 2.24) is 14.8 Å². The van der Waals surface area contributed by atoms with Gasteiger partial charge in [-0.25, -0.2) is 13.4 Å². The van der Waals surface area contributed by atoms with Crippen LogP contribution in [0.25, 0.3) is 20.8 Å². The molecule has 170 valence electrons. The number of thiazole rings is 1. The van der Waals surface area contributed by atoms with Gasteiger partial charge in [0.05, 0.1) is 27.8 Å². The highest BCUT2D eigenvalue weighted by molar-refractivity contribution is 7.91. The molecule has 1 saturated heterocycles. The van der Waals surface area contributed by atoms with Crippen LogP contribution in [0.15, 0.2) is 54.6 Å². The van der Waals surface area contributed by atoms with Gasteiger partial charge in [-0.2, -0.15) is 5.10 Å². The number of aromatic nitrogens is 3. The summed E-state index contributed by atoms with van der Waals surface area (Å²) in [6.07, 6.45) is 0.526. The monoisotopic (exact) mass is 480 g/mol. The summed E-state index contributed by atoms with van der Waals surface area (Å²) in [5.74, 6) is 0.0417. The van der Waals surface area contributed by atoms with Crippen molar-refractivity contribution < 1.29 is 13.2 Å². The van der Waals surface area contributed by atoms with Gasteiger partial charge < -0.3 is 5.32 Å². The molecule has 0 spiro atoms. The number of carbonyl (C=O) groups excluding carboxylic acids is 1. The van der Waals surface area contributed by atoms with Gasteiger partial charge in [-0.15, -0.1) is 11.3 Å². The third-order valence-corrected chi connectivity index (χ3v) is 8.66. The largest absolute Gasteiger partial charge is 0.321 e. The fourth-order valence-corrected chi connectivity index (χ4v) is 6.76. The lowest BCUT2D eigenvalue weighted by Gasteiger charge is -2.15. The zero-order valence-electron chi connectivity index (χ0n) is 18.4. The number of amides is 1. The van der Waals surface area contributed by atoms with E-state index >= 15 is 0 Å². The molecule has 0 radical (unpaired) electrons. The van der Waals surface area contributed by atoms with E-state index < -0.39 is 9.84 Å². The molecular formula is C24H24N4O3S2. The van der Waals surface area contributed by atoms with Gasteiger partial charge in [0.25, 0.3) is 5.91 Å². The Morgan fingerprint density at radius 2 is 1.91 bits per heavy atom.